The van der Waals surface area contributed by atoms with Crippen molar-refractivity contribution in [2.24, 2.45) is 0 Å². The number of benzene rings is 3. The topological polar surface area (TPSA) is 58.2 Å². The highest BCUT2D eigenvalue weighted by atomic mass is 16.7. The van der Waals surface area contributed by atoms with Gasteiger partial charge in [-0.05, 0) is 98.2 Å². The van der Waals surface area contributed by atoms with Gasteiger partial charge in [-0.2, -0.15) is 0 Å². The highest BCUT2D eigenvalue weighted by Crippen LogP contribution is 2.38. The molecular weight excluding hydrogens is 454 g/mol. The summed E-state index contributed by atoms with van der Waals surface area (Å²) in [5, 5.41) is 3.82. The van der Waals surface area contributed by atoms with Crippen LogP contribution in [0.5, 0.6) is 34.5 Å². The number of fused-ring (bicyclic) bond motifs is 5. The maximum Gasteiger partial charge on any atom is 0.231 e. The van der Waals surface area contributed by atoms with Gasteiger partial charge in [-0.1, -0.05) is 24.6 Å². The molecule has 2 aliphatic heterocycles. The molecule has 0 spiro atoms. The summed E-state index contributed by atoms with van der Waals surface area (Å²) in [7, 11) is 3.35. The van der Waals surface area contributed by atoms with E-state index >= 15 is 0 Å². The van der Waals surface area contributed by atoms with E-state index in [-0.39, 0.29) is 0 Å². The number of hydrogen-bond donors (Lipinski definition) is 1. The summed E-state index contributed by atoms with van der Waals surface area (Å²) < 4.78 is 28.4. The van der Waals surface area contributed by atoms with Crippen molar-refractivity contribution in [3.05, 3.63) is 71.3 Å². The van der Waals surface area contributed by atoms with Gasteiger partial charge < -0.3 is 29.0 Å². The Balaban J connectivity index is 1.28. The van der Waals surface area contributed by atoms with E-state index in [1.807, 2.05) is 18.2 Å². The Bertz CT molecular complexity index is 1180. The third-order valence-corrected chi connectivity index (χ3v) is 7.01. The van der Waals surface area contributed by atoms with Gasteiger partial charge >= 0.3 is 0 Å². The number of ether oxygens (including phenoxy) is 5. The van der Waals surface area contributed by atoms with Crippen molar-refractivity contribution < 1.29 is 23.7 Å². The van der Waals surface area contributed by atoms with Gasteiger partial charge in [-0.15, -0.1) is 0 Å². The van der Waals surface area contributed by atoms with Crippen LogP contribution < -0.4 is 29.0 Å². The molecular formula is C30H35NO5. The summed E-state index contributed by atoms with van der Waals surface area (Å²) in [5.74, 6) is 4.58. The van der Waals surface area contributed by atoms with Crippen LogP contribution in [0.2, 0.25) is 0 Å². The molecule has 2 heterocycles. The average Bonchev–Trinajstić information content (AvgIpc) is 3.37. The highest BCUT2D eigenvalue weighted by molar-refractivity contribution is 5.50. The van der Waals surface area contributed by atoms with E-state index in [9.17, 15) is 0 Å². The van der Waals surface area contributed by atoms with Gasteiger partial charge in [-0.25, -0.2) is 0 Å². The Labute approximate surface area is 213 Å². The van der Waals surface area contributed by atoms with Crippen molar-refractivity contribution in [2.45, 2.75) is 51.0 Å². The lowest BCUT2D eigenvalue weighted by molar-refractivity contribution is 0.174. The van der Waals surface area contributed by atoms with Crippen LogP contribution in [0.1, 0.15) is 42.4 Å². The molecule has 3 aromatic carbocycles. The number of methoxy groups -OCH3 is 2. The van der Waals surface area contributed by atoms with Crippen LogP contribution in [-0.2, 0) is 19.3 Å². The van der Waals surface area contributed by atoms with E-state index in [0.717, 1.165) is 79.6 Å². The zero-order valence-electron chi connectivity index (χ0n) is 21.2. The number of hydrogen-bond acceptors (Lipinski definition) is 6. The minimum Gasteiger partial charge on any atom is -0.493 e. The Kier molecular flexibility index (Phi) is 7.82. The molecule has 0 amide bonds. The molecule has 6 nitrogen and oxygen atoms in total. The number of aryl methyl sites for hydroxylation is 2. The molecule has 0 aromatic heterocycles. The summed E-state index contributed by atoms with van der Waals surface area (Å²) in [6.45, 7) is 1.25. The minimum absolute atomic E-state index is 0.315. The third kappa shape index (κ3) is 5.88. The molecule has 1 atom stereocenters. The standard InChI is InChI=1S/C30H35NO5/c1-32-25-12-8-21-5-3-4-6-24(31-16-15-23-10-14-27-28(17-23)35-20-34-27)11-7-22-9-13-26(33-2)30(19-22)36-29(25)18-21/h8-10,12-14,17-19,24,31H,3-7,11,15-16,20H2,1-2H3. The summed E-state index contributed by atoms with van der Waals surface area (Å²) in [4.78, 5) is 0. The molecule has 1 unspecified atom stereocenters. The molecule has 190 valence electrons. The van der Waals surface area contributed by atoms with Crippen LogP contribution in [0.3, 0.4) is 0 Å². The molecule has 6 heteroatoms. The van der Waals surface area contributed by atoms with E-state index in [4.69, 9.17) is 23.7 Å². The smallest absolute Gasteiger partial charge is 0.231 e. The molecule has 36 heavy (non-hydrogen) atoms. The van der Waals surface area contributed by atoms with Crippen LogP contribution in [0.4, 0.5) is 0 Å². The van der Waals surface area contributed by atoms with Crippen LogP contribution in [0.15, 0.2) is 54.6 Å². The predicted molar refractivity (Wildman–Crippen MR) is 140 cm³/mol. The first-order chi connectivity index (χ1) is 17.7. The quantitative estimate of drug-likeness (QED) is 0.453. The first-order valence-corrected chi connectivity index (χ1v) is 12.9. The molecule has 0 saturated heterocycles. The zero-order chi connectivity index (χ0) is 24.7. The Morgan fingerprint density at radius 3 is 2.22 bits per heavy atom. The molecule has 3 aromatic rings. The van der Waals surface area contributed by atoms with E-state index < -0.39 is 0 Å². The maximum absolute atomic E-state index is 6.34. The van der Waals surface area contributed by atoms with Gasteiger partial charge in [0.2, 0.25) is 6.79 Å². The Morgan fingerprint density at radius 2 is 1.47 bits per heavy atom. The molecule has 0 aliphatic carbocycles. The van der Waals surface area contributed by atoms with Crippen LogP contribution in [0.25, 0.3) is 0 Å². The fraction of sp³-hybridized carbons (Fsp3) is 0.400. The van der Waals surface area contributed by atoms with Crippen molar-refractivity contribution >= 4 is 0 Å². The zero-order valence-corrected chi connectivity index (χ0v) is 21.2. The Hall–Kier alpha value is -3.38. The lowest BCUT2D eigenvalue weighted by Crippen LogP contribution is -2.31. The number of nitrogens with one attached hydrogen (secondary N) is 1. The van der Waals surface area contributed by atoms with Crippen LogP contribution >= 0.6 is 0 Å². The molecule has 0 saturated carbocycles. The summed E-state index contributed by atoms with van der Waals surface area (Å²) in [6, 6.07) is 19.1. The lowest BCUT2D eigenvalue weighted by atomic mass is 9.98. The van der Waals surface area contributed by atoms with Crippen molar-refractivity contribution in [2.75, 3.05) is 27.6 Å². The van der Waals surface area contributed by atoms with Crippen molar-refractivity contribution in [1.29, 1.82) is 0 Å². The van der Waals surface area contributed by atoms with Gasteiger partial charge in [0, 0.05) is 6.04 Å². The van der Waals surface area contributed by atoms with Gasteiger partial charge in [0.25, 0.3) is 0 Å². The predicted octanol–water partition coefficient (Wildman–Crippen LogP) is 6.08. The van der Waals surface area contributed by atoms with Crippen LogP contribution in [0, 0.1) is 0 Å². The molecule has 4 bridgehead atoms. The first-order valence-electron chi connectivity index (χ1n) is 12.9. The highest BCUT2D eigenvalue weighted by Gasteiger charge is 2.16. The van der Waals surface area contributed by atoms with E-state index in [0.29, 0.717) is 12.8 Å². The molecule has 0 fully saturated rings. The molecule has 2 aliphatic rings. The van der Waals surface area contributed by atoms with E-state index in [1.165, 1.54) is 23.1 Å². The maximum atomic E-state index is 6.34. The first kappa shape index (κ1) is 24.3. The number of rotatable bonds is 6. The van der Waals surface area contributed by atoms with Crippen molar-refractivity contribution in [3.63, 3.8) is 0 Å². The summed E-state index contributed by atoms with van der Waals surface area (Å²) in [5.41, 5.74) is 3.76. The molecule has 5 rings (SSSR count). The van der Waals surface area contributed by atoms with Crippen LogP contribution in [-0.4, -0.2) is 33.6 Å². The monoisotopic (exact) mass is 489 g/mol. The minimum atomic E-state index is 0.315. The third-order valence-electron chi connectivity index (χ3n) is 7.01. The molecule has 1 N–H and O–H groups in total. The summed E-state index contributed by atoms with van der Waals surface area (Å²) in [6.07, 6.45) is 7.49. The van der Waals surface area contributed by atoms with Gasteiger partial charge in [0.1, 0.15) is 0 Å². The Morgan fingerprint density at radius 1 is 0.750 bits per heavy atom. The second-order valence-corrected chi connectivity index (χ2v) is 9.45. The second kappa shape index (κ2) is 11.6. The fourth-order valence-corrected chi connectivity index (χ4v) is 4.96. The largest absolute Gasteiger partial charge is 0.493 e. The van der Waals surface area contributed by atoms with Gasteiger partial charge in [-0.3, -0.25) is 0 Å². The lowest BCUT2D eigenvalue weighted by Gasteiger charge is -2.20. The van der Waals surface area contributed by atoms with Crippen molar-refractivity contribution in [3.8, 4) is 34.5 Å². The summed E-state index contributed by atoms with van der Waals surface area (Å²) >= 11 is 0. The van der Waals surface area contributed by atoms with Crippen molar-refractivity contribution in [1.82, 2.24) is 5.32 Å². The SMILES string of the molecule is COc1ccc2cc1Oc1cc(ccc1OC)CCC(NCCc1ccc3c(c1)OCO3)CCCC2. The fourth-order valence-electron chi connectivity index (χ4n) is 4.96. The van der Waals surface area contributed by atoms with Gasteiger partial charge in [0.05, 0.1) is 14.2 Å². The average molecular weight is 490 g/mol. The second-order valence-electron chi connectivity index (χ2n) is 9.45. The van der Waals surface area contributed by atoms with E-state index in [2.05, 4.69) is 41.7 Å². The normalized spacial score (nSPS) is 17.1. The van der Waals surface area contributed by atoms with Gasteiger partial charge in [0.15, 0.2) is 34.5 Å². The molecule has 0 radical (unpaired) electrons. The van der Waals surface area contributed by atoms with E-state index in [1.54, 1.807) is 14.2 Å².